The normalized spacial score (nSPS) is 13.5. The van der Waals surface area contributed by atoms with E-state index in [9.17, 15) is 9.18 Å². The summed E-state index contributed by atoms with van der Waals surface area (Å²) in [6.45, 7) is 0.485. The van der Waals surface area contributed by atoms with Crippen molar-refractivity contribution in [1.82, 2.24) is 14.5 Å². The molecule has 0 saturated carbocycles. The second kappa shape index (κ2) is 4.77. The lowest BCUT2D eigenvalue weighted by Gasteiger charge is -2.14. The van der Waals surface area contributed by atoms with Gasteiger partial charge in [-0.1, -0.05) is 0 Å². The van der Waals surface area contributed by atoms with Crippen molar-refractivity contribution < 1.29 is 9.18 Å². The Morgan fingerprint density at radius 2 is 2.05 bits per heavy atom. The highest BCUT2D eigenvalue weighted by Crippen LogP contribution is 2.29. The molecule has 0 unspecified atom stereocenters. The van der Waals surface area contributed by atoms with Crippen LogP contribution in [0.5, 0.6) is 0 Å². The molecule has 108 valence electrons. The van der Waals surface area contributed by atoms with E-state index < -0.39 is 5.95 Å². The number of fused-ring (bicyclic) bond motifs is 1. The van der Waals surface area contributed by atoms with Gasteiger partial charge in [0.05, 0.1) is 18.4 Å². The maximum Gasteiger partial charge on any atom is 0.333 e. The standard InChI is InChI=1S/C16H11FN4O/c17-15-4-3-11(7-19-15)12-6-14-10-21(16(22)20(14)9-12)13-2-1-5-18-8-13/h1-9H,10H2. The molecule has 0 aromatic carbocycles. The molecule has 3 aromatic heterocycles. The summed E-state index contributed by atoms with van der Waals surface area (Å²) < 4.78 is 14.5. The molecule has 0 N–H and O–H groups in total. The number of hydrogen-bond donors (Lipinski definition) is 0. The van der Waals surface area contributed by atoms with Crippen LogP contribution in [-0.4, -0.2) is 20.6 Å². The minimum atomic E-state index is -0.519. The first-order valence-electron chi connectivity index (χ1n) is 6.77. The molecule has 0 radical (unpaired) electrons. The number of nitrogens with zero attached hydrogens (tertiary/aromatic N) is 4. The zero-order chi connectivity index (χ0) is 15.1. The van der Waals surface area contributed by atoms with Crippen LogP contribution in [0.4, 0.5) is 14.9 Å². The summed E-state index contributed by atoms with van der Waals surface area (Å²) in [7, 11) is 0. The smallest absolute Gasteiger partial charge is 0.286 e. The molecule has 4 rings (SSSR count). The molecule has 0 spiro atoms. The molecule has 0 fully saturated rings. The van der Waals surface area contributed by atoms with Crippen LogP contribution in [0.2, 0.25) is 0 Å². The van der Waals surface area contributed by atoms with E-state index in [4.69, 9.17) is 0 Å². The van der Waals surface area contributed by atoms with Crippen LogP contribution >= 0.6 is 0 Å². The van der Waals surface area contributed by atoms with Gasteiger partial charge in [0.15, 0.2) is 0 Å². The van der Waals surface area contributed by atoms with Crippen LogP contribution in [0.3, 0.4) is 0 Å². The summed E-state index contributed by atoms with van der Waals surface area (Å²) in [4.78, 5) is 21.8. The minimum Gasteiger partial charge on any atom is -0.286 e. The highest BCUT2D eigenvalue weighted by Gasteiger charge is 2.29. The molecule has 0 atom stereocenters. The number of amides is 1. The molecule has 1 amide bonds. The second-order valence-corrected chi connectivity index (χ2v) is 5.04. The lowest BCUT2D eigenvalue weighted by Crippen LogP contribution is -2.25. The third-order valence-electron chi connectivity index (χ3n) is 3.68. The van der Waals surface area contributed by atoms with E-state index in [2.05, 4.69) is 9.97 Å². The monoisotopic (exact) mass is 294 g/mol. The van der Waals surface area contributed by atoms with Gasteiger partial charge in [-0.3, -0.25) is 14.5 Å². The quantitative estimate of drug-likeness (QED) is 0.682. The second-order valence-electron chi connectivity index (χ2n) is 5.04. The fourth-order valence-electron chi connectivity index (χ4n) is 2.59. The highest BCUT2D eigenvalue weighted by molar-refractivity contribution is 5.97. The number of aromatic nitrogens is 3. The predicted molar refractivity (Wildman–Crippen MR) is 78.8 cm³/mol. The van der Waals surface area contributed by atoms with E-state index in [0.717, 1.165) is 22.5 Å². The average molecular weight is 294 g/mol. The number of carbonyl (C=O) groups is 1. The average Bonchev–Trinajstić information content (AvgIpc) is 3.09. The maximum atomic E-state index is 12.9. The molecule has 1 aliphatic heterocycles. The Morgan fingerprint density at radius 3 is 2.73 bits per heavy atom. The topological polar surface area (TPSA) is 51.0 Å². The molecule has 6 heteroatoms. The third kappa shape index (κ3) is 1.96. The lowest BCUT2D eigenvalue weighted by atomic mass is 10.1. The van der Waals surface area contributed by atoms with E-state index in [-0.39, 0.29) is 6.03 Å². The molecule has 0 bridgehead atoms. The molecule has 3 aromatic rings. The number of rotatable bonds is 2. The van der Waals surface area contributed by atoms with Gasteiger partial charge < -0.3 is 0 Å². The van der Waals surface area contributed by atoms with Crippen LogP contribution in [0.1, 0.15) is 5.69 Å². The van der Waals surface area contributed by atoms with Crippen LogP contribution in [0.25, 0.3) is 11.1 Å². The minimum absolute atomic E-state index is 0.121. The van der Waals surface area contributed by atoms with Crippen molar-refractivity contribution in [3.05, 3.63) is 66.8 Å². The van der Waals surface area contributed by atoms with E-state index in [1.165, 1.54) is 12.3 Å². The van der Waals surface area contributed by atoms with Crippen molar-refractivity contribution in [1.29, 1.82) is 0 Å². The molecule has 22 heavy (non-hydrogen) atoms. The Hall–Kier alpha value is -3.02. The van der Waals surface area contributed by atoms with E-state index in [1.54, 1.807) is 40.2 Å². The summed E-state index contributed by atoms with van der Waals surface area (Å²) in [5.74, 6) is -0.519. The van der Waals surface area contributed by atoms with Gasteiger partial charge in [0.2, 0.25) is 5.95 Å². The van der Waals surface area contributed by atoms with Gasteiger partial charge in [0, 0.05) is 35.4 Å². The maximum absolute atomic E-state index is 12.9. The largest absolute Gasteiger partial charge is 0.333 e. The van der Waals surface area contributed by atoms with Crippen LogP contribution in [-0.2, 0) is 6.54 Å². The third-order valence-corrected chi connectivity index (χ3v) is 3.68. The number of halogens is 1. The molecule has 1 aliphatic rings. The van der Waals surface area contributed by atoms with Gasteiger partial charge in [-0.2, -0.15) is 4.39 Å². The fourth-order valence-corrected chi connectivity index (χ4v) is 2.59. The van der Waals surface area contributed by atoms with E-state index >= 15 is 0 Å². The van der Waals surface area contributed by atoms with Crippen LogP contribution in [0, 0.1) is 5.95 Å². The Bertz CT molecular complexity index is 842. The Morgan fingerprint density at radius 1 is 1.14 bits per heavy atom. The van der Waals surface area contributed by atoms with Crippen LogP contribution in [0.15, 0.2) is 55.1 Å². The summed E-state index contributed by atoms with van der Waals surface area (Å²) >= 11 is 0. The summed E-state index contributed by atoms with van der Waals surface area (Å²) in [6, 6.07) is 8.40. The Labute approximate surface area is 125 Å². The molecule has 0 aliphatic carbocycles. The van der Waals surface area contributed by atoms with Crippen molar-refractivity contribution in [2.45, 2.75) is 6.54 Å². The number of hydrogen-bond acceptors (Lipinski definition) is 3. The Kier molecular flexibility index (Phi) is 2.75. The van der Waals surface area contributed by atoms with Gasteiger partial charge in [0.1, 0.15) is 0 Å². The van der Waals surface area contributed by atoms with Gasteiger partial charge in [-0.25, -0.2) is 9.78 Å². The Balaban J connectivity index is 1.67. The fraction of sp³-hybridized carbons (Fsp3) is 0.0625. The summed E-state index contributed by atoms with van der Waals surface area (Å²) in [5, 5.41) is 0. The highest BCUT2D eigenvalue weighted by atomic mass is 19.1. The van der Waals surface area contributed by atoms with E-state index in [0.29, 0.717) is 6.54 Å². The lowest BCUT2D eigenvalue weighted by molar-refractivity contribution is 0.251. The number of pyridine rings is 2. The van der Waals surface area contributed by atoms with Crippen molar-refractivity contribution in [3.8, 4) is 11.1 Å². The summed E-state index contributed by atoms with van der Waals surface area (Å²) in [6.07, 6.45) is 6.55. The van der Waals surface area contributed by atoms with Crippen molar-refractivity contribution in [2.24, 2.45) is 0 Å². The first-order valence-corrected chi connectivity index (χ1v) is 6.77. The number of carbonyl (C=O) groups excluding carboxylic acids is 1. The van der Waals surface area contributed by atoms with Gasteiger partial charge in [-0.05, 0) is 30.3 Å². The SMILES string of the molecule is O=C1N(c2cccnc2)Cc2cc(-c3ccc(F)nc3)cn21. The predicted octanol–water partition coefficient (Wildman–Crippen LogP) is 3.07. The molecular formula is C16H11FN4O. The first kappa shape index (κ1) is 12.7. The molecule has 4 heterocycles. The van der Waals surface area contributed by atoms with Crippen LogP contribution < -0.4 is 4.90 Å². The van der Waals surface area contributed by atoms with Crippen molar-refractivity contribution >= 4 is 11.7 Å². The van der Waals surface area contributed by atoms with Crippen molar-refractivity contribution in [3.63, 3.8) is 0 Å². The first-order chi connectivity index (χ1) is 10.7. The summed E-state index contributed by atoms with van der Waals surface area (Å²) in [5.41, 5.74) is 3.28. The molecular weight excluding hydrogens is 283 g/mol. The van der Waals surface area contributed by atoms with Crippen molar-refractivity contribution in [2.75, 3.05) is 4.90 Å². The number of anilines is 1. The van der Waals surface area contributed by atoms with Gasteiger partial charge >= 0.3 is 6.03 Å². The zero-order valence-electron chi connectivity index (χ0n) is 11.5. The molecule has 5 nitrogen and oxygen atoms in total. The molecule has 0 saturated heterocycles. The van der Waals surface area contributed by atoms with Gasteiger partial charge in [-0.15, -0.1) is 0 Å². The van der Waals surface area contributed by atoms with E-state index in [1.807, 2.05) is 12.1 Å². The van der Waals surface area contributed by atoms with Gasteiger partial charge in [0.25, 0.3) is 0 Å². The zero-order valence-corrected chi connectivity index (χ0v) is 11.5.